The molecule has 0 radical (unpaired) electrons. The Morgan fingerprint density at radius 2 is 2.04 bits per heavy atom. The summed E-state index contributed by atoms with van der Waals surface area (Å²) in [5.41, 5.74) is 2.25. The Bertz CT molecular complexity index is 636. The van der Waals surface area contributed by atoms with Crippen LogP contribution in [-0.2, 0) is 22.4 Å². The molecule has 1 saturated heterocycles. The summed E-state index contributed by atoms with van der Waals surface area (Å²) >= 11 is 0. The monoisotopic (exact) mass is 358 g/mol. The summed E-state index contributed by atoms with van der Waals surface area (Å²) in [4.78, 5) is 26.7. The van der Waals surface area contributed by atoms with Crippen molar-refractivity contribution in [2.75, 3.05) is 26.2 Å². The Hall–Kier alpha value is -2.04. The number of unbranched alkanes of at least 4 members (excludes halogenated alkanes) is 2. The summed E-state index contributed by atoms with van der Waals surface area (Å²) in [5.74, 6) is 1.32. The molecule has 142 valence electrons. The fraction of sp³-hybridized carbons (Fsp3) is 0.619. The molecule has 0 saturated carbocycles. The molecule has 0 unspecified atom stereocenters. The second-order valence-corrected chi connectivity index (χ2v) is 7.37. The highest BCUT2D eigenvalue weighted by molar-refractivity contribution is 5.81. The Balaban J connectivity index is 1.42. The van der Waals surface area contributed by atoms with Gasteiger partial charge in [0.1, 0.15) is 5.75 Å². The van der Waals surface area contributed by atoms with Gasteiger partial charge in [-0.1, -0.05) is 31.9 Å². The number of ether oxygens (including phenoxy) is 1. The molecule has 5 heteroatoms. The minimum atomic E-state index is 0.0535. The zero-order valence-electron chi connectivity index (χ0n) is 15.8. The Kier molecular flexibility index (Phi) is 6.53. The highest BCUT2D eigenvalue weighted by Gasteiger charge is 2.27. The van der Waals surface area contributed by atoms with E-state index in [1.54, 1.807) is 0 Å². The Morgan fingerprint density at radius 3 is 2.81 bits per heavy atom. The number of nitrogens with one attached hydrogen (secondary N) is 1. The molecule has 1 N–H and O–H groups in total. The smallest absolute Gasteiger partial charge is 0.226 e. The van der Waals surface area contributed by atoms with E-state index in [1.165, 1.54) is 5.56 Å². The number of rotatable bonds is 7. The minimum absolute atomic E-state index is 0.0535. The van der Waals surface area contributed by atoms with Crippen molar-refractivity contribution >= 4 is 11.8 Å². The van der Waals surface area contributed by atoms with Crippen LogP contribution in [-0.4, -0.2) is 43.0 Å². The van der Waals surface area contributed by atoms with E-state index < -0.39 is 0 Å². The molecule has 26 heavy (non-hydrogen) atoms. The van der Waals surface area contributed by atoms with Crippen molar-refractivity contribution in [1.82, 2.24) is 10.2 Å². The zero-order valence-corrected chi connectivity index (χ0v) is 15.8. The number of benzene rings is 1. The third-order valence-corrected chi connectivity index (χ3v) is 5.41. The number of hydrogen-bond acceptors (Lipinski definition) is 3. The molecule has 1 fully saturated rings. The number of amides is 2. The SMILES string of the molecule is CCCCCNC(=O)C1CCN(C(=O)Cc2ccc3c(c2)CCO3)CC1. The van der Waals surface area contributed by atoms with E-state index in [0.29, 0.717) is 19.5 Å². The van der Waals surface area contributed by atoms with Gasteiger partial charge in [-0.2, -0.15) is 0 Å². The fourth-order valence-corrected chi connectivity index (χ4v) is 3.76. The van der Waals surface area contributed by atoms with Crippen molar-refractivity contribution in [2.24, 2.45) is 5.92 Å². The molecule has 2 amide bonds. The number of nitrogens with zero attached hydrogens (tertiary/aromatic N) is 1. The van der Waals surface area contributed by atoms with Crippen molar-refractivity contribution in [2.45, 2.75) is 51.9 Å². The molecule has 0 atom stereocenters. The van der Waals surface area contributed by atoms with Crippen molar-refractivity contribution in [1.29, 1.82) is 0 Å². The Morgan fingerprint density at radius 1 is 1.23 bits per heavy atom. The van der Waals surface area contributed by atoms with Crippen molar-refractivity contribution in [3.8, 4) is 5.75 Å². The molecule has 1 aromatic carbocycles. The van der Waals surface area contributed by atoms with Crippen LogP contribution in [0.15, 0.2) is 18.2 Å². The lowest BCUT2D eigenvalue weighted by atomic mass is 9.95. The minimum Gasteiger partial charge on any atom is -0.493 e. The van der Waals surface area contributed by atoms with Crippen LogP contribution in [0.3, 0.4) is 0 Å². The maximum absolute atomic E-state index is 12.6. The van der Waals surface area contributed by atoms with Crippen molar-refractivity contribution < 1.29 is 14.3 Å². The molecule has 1 aromatic rings. The van der Waals surface area contributed by atoms with Gasteiger partial charge in [-0.15, -0.1) is 0 Å². The molecule has 0 aromatic heterocycles. The predicted molar refractivity (Wildman–Crippen MR) is 101 cm³/mol. The first-order valence-electron chi connectivity index (χ1n) is 9.97. The molecule has 5 nitrogen and oxygen atoms in total. The summed E-state index contributed by atoms with van der Waals surface area (Å²) in [5, 5.41) is 3.04. The largest absolute Gasteiger partial charge is 0.493 e. The normalized spacial score (nSPS) is 16.9. The van der Waals surface area contributed by atoms with Gasteiger partial charge in [0, 0.05) is 32.0 Å². The van der Waals surface area contributed by atoms with Gasteiger partial charge in [0.2, 0.25) is 11.8 Å². The second-order valence-electron chi connectivity index (χ2n) is 7.37. The highest BCUT2D eigenvalue weighted by Crippen LogP contribution is 2.26. The summed E-state index contributed by atoms with van der Waals surface area (Å²) < 4.78 is 5.52. The summed E-state index contributed by atoms with van der Waals surface area (Å²) in [6.07, 6.45) is 6.26. The number of piperidine rings is 1. The van der Waals surface area contributed by atoms with E-state index >= 15 is 0 Å². The van der Waals surface area contributed by atoms with Gasteiger partial charge in [-0.3, -0.25) is 9.59 Å². The highest BCUT2D eigenvalue weighted by atomic mass is 16.5. The van der Waals surface area contributed by atoms with Crippen LogP contribution in [0.4, 0.5) is 0 Å². The van der Waals surface area contributed by atoms with Crippen molar-refractivity contribution in [3.05, 3.63) is 29.3 Å². The van der Waals surface area contributed by atoms with Crippen LogP contribution >= 0.6 is 0 Å². The zero-order chi connectivity index (χ0) is 18.4. The maximum atomic E-state index is 12.6. The quantitative estimate of drug-likeness (QED) is 0.763. The van der Waals surface area contributed by atoms with E-state index in [0.717, 1.165) is 63.0 Å². The van der Waals surface area contributed by atoms with Gasteiger partial charge in [-0.25, -0.2) is 0 Å². The topological polar surface area (TPSA) is 58.6 Å². The molecule has 2 heterocycles. The number of carbonyl (C=O) groups excluding carboxylic acids is 2. The Labute approximate surface area is 156 Å². The molecule has 2 aliphatic rings. The first kappa shape index (κ1) is 18.7. The lowest BCUT2D eigenvalue weighted by molar-refractivity contribution is -0.135. The third kappa shape index (κ3) is 4.77. The van der Waals surface area contributed by atoms with Gasteiger partial charge in [0.05, 0.1) is 13.0 Å². The molecular weight excluding hydrogens is 328 g/mol. The molecule has 2 aliphatic heterocycles. The predicted octanol–water partition coefficient (Wildman–Crippen LogP) is 2.71. The van der Waals surface area contributed by atoms with Crippen LogP contribution < -0.4 is 10.1 Å². The molecule has 0 bridgehead atoms. The summed E-state index contributed by atoms with van der Waals surface area (Å²) in [6.45, 7) is 5.03. The average Bonchev–Trinajstić information content (AvgIpc) is 3.13. The number of fused-ring (bicyclic) bond motifs is 1. The van der Waals surface area contributed by atoms with Gasteiger partial charge in [-0.05, 0) is 36.5 Å². The molecule has 3 rings (SSSR count). The van der Waals surface area contributed by atoms with E-state index in [1.807, 2.05) is 17.0 Å². The first-order valence-corrected chi connectivity index (χ1v) is 9.97. The fourth-order valence-electron chi connectivity index (χ4n) is 3.76. The van der Waals surface area contributed by atoms with E-state index in [4.69, 9.17) is 4.74 Å². The maximum Gasteiger partial charge on any atom is 0.226 e. The lowest BCUT2D eigenvalue weighted by Gasteiger charge is -2.31. The van der Waals surface area contributed by atoms with Gasteiger partial charge in [0.15, 0.2) is 0 Å². The standard InChI is InChI=1S/C21H30N2O3/c1-2-3-4-10-22-21(25)17-7-11-23(12-8-17)20(24)15-16-5-6-19-18(14-16)9-13-26-19/h5-6,14,17H,2-4,7-13,15H2,1H3,(H,22,25). The second kappa shape index (κ2) is 9.06. The molecule has 0 aliphatic carbocycles. The first-order chi connectivity index (χ1) is 12.7. The molecular formula is C21H30N2O3. The van der Waals surface area contributed by atoms with E-state index in [9.17, 15) is 9.59 Å². The summed E-state index contributed by atoms with van der Waals surface area (Å²) in [6, 6.07) is 6.05. The van der Waals surface area contributed by atoms with Crippen LogP contribution in [0.5, 0.6) is 5.75 Å². The van der Waals surface area contributed by atoms with E-state index in [-0.39, 0.29) is 17.7 Å². The number of carbonyl (C=O) groups is 2. The van der Waals surface area contributed by atoms with Crippen molar-refractivity contribution in [3.63, 3.8) is 0 Å². The van der Waals surface area contributed by atoms with Gasteiger partial charge in [0.25, 0.3) is 0 Å². The third-order valence-electron chi connectivity index (χ3n) is 5.41. The van der Waals surface area contributed by atoms with Crippen LogP contribution in [0, 0.1) is 5.92 Å². The lowest BCUT2D eigenvalue weighted by Crippen LogP contribution is -2.43. The average molecular weight is 358 g/mol. The summed E-state index contributed by atoms with van der Waals surface area (Å²) in [7, 11) is 0. The van der Waals surface area contributed by atoms with E-state index in [2.05, 4.69) is 18.3 Å². The van der Waals surface area contributed by atoms with Crippen LogP contribution in [0.25, 0.3) is 0 Å². The van der Waals surface area contributed by atoms with Crippen LogP contribution in [0.1, 0.15) is 50.2 Å². The molecule has 0 spiro atoms. The van der Waals surface area contributed by atoms with Gasteiger partial charge >= 0.3 is 0 Å². The van der Waals surface area contributed by atoms with Crippen LogP contribution in [0.2, 0.25) is 0 Å². The number of likely N-dealkylation sites (tertiary alicyclic amines) is 1. The number of hydrogen-bond donors (Lipinski definition) is 1. The van der Waals surface area contributed by atoms with Gasteiger partial charge < -0.3 is 15.0 Å².